The molecule has 0 amide bonds. The van der Waals surface area contributed by atoms with Crippen molar-refractivity contribution in [3.8, 4) is 22.9 Å². The summed E-state index contributed by atoms with van der Waals surface area (Å²) < 4.78 is 55.0. The summed E-state index contributed by atoms with van der Waals surface area (Å²) in [5.74, 6) is -3.58. The number of rotatable bonds is 7. The molecule has 0 bridgehead atoms. The fraction of sp³-hybridized carbons (Fsp3) is 0.174. The SMILES string of the molecule is COC(=O)[C@H](C)Nc1cc(C(=O)O)nc(-c2ccc(Oc3ccc(F)cc3)cc2)n1.O=C(O)C(F)(F)F. The third kappa shape index (κ3) is 8.76. The summed E-state index contributed by atoms with van der Waals surface area (Å²) in [6.45, 7) is 1.57. The number of carboxylic acids is 2. The van der Waals surface area contributed by atoms with Crippen molar-refractivity contribution in [2.75, 3.05) is 12.4 Å². The van der Waals surface area contributed by atoms with Crippen LogP contribution in [-0.4, -0.2) is 57.4 Å². The molecule has 3 rings (SSSR count). The average Bonchev–Trinajstić information content (AvgIpc) is 2.85. The summed E-state index contributed by atoms with van der Waals surface area (Å²) in [6, 6.07) is 12.7. The highest BCUT2D eigenvalue weighted by atomic mass is 19.4. The van der Waals surface area contributed by atoms with Crippen molar-refractivity contribution in [1.29, 1.82) is 0 Å². The molecule has 196 valence electrons. The third-order valence-electron chi connectivity index (χ3n) is 4.27. The van der Waals surface area contributed by atoms with Crippen LogP contribution < -0.4 is 10.1 Å². The Labute approximate surface area is 206 Å². The number of hydrogen-bond acceptors (Lipinski definition) is 8. The smallest absolute Gasteiger partial charge is 0.477 e. The Morgan fingerprint density at radius 2 is 1.46 bits per heavy atom. The Morgan fingerprint density at radius 3 is 1.92 bits per heavy atom. The molecule has 1 atom stereocenters. The van der Waals surface area contributed by atoms with Crippen molar-refractivity contribution in [3.05, 3.63) is 66.1 Å². The topological polar surface area (TPSA) is 148 Å². The summed E-state index contributed by atoms with van der Waals surface area (Å²) in [5, 5.41) is 19.3. The molecule has 3 aromatic rings. The number of aliphatic carboxylic acids is 1. The molecule has 0 saturated carbocycles. The highest BCUT2D eigenvalue weighted by Gasteiger charge is 2.38. The molecule has 2 aromatic carbocycles. The zero-order chi connectivity index (χ0) is 27.8. The van der Waals surface area contributed by atoms with Gasteiger partial charge in [0.25, 0.3) is 0 Å². The van der Waals surface area contributed by atoms with E-state index in [1.165, 1.54) is 37.4 Å². The van der Waals surface area contributed by atoms with Crippen LogP contribution in [0.5, 0.6) is 11.5 Å². The van der Waals surface area contributed by atoms with E-state index in [1.807, 2.05) is 0 Å². The number of carbonyl (C=O) groups excluding carboxylic acids is 1. The maximum atomic E-state index is 13.0. The fourth-order valence-electron chi connectivity index (χ4n) is 2.53. The predicted molar refractivity (Wildman–Crippen MR) is 120 cm³/mol. The van der Waals surface area contributed by atoms with Crippen molar-refractivity contribution < 1.29 is 51.6 Å². The third-order valence-corrected chi connectivity index (χ3v) is 4.27. The lowest BCUT2D eigenvalue weighted by Crippen LogP contribution is -2.28. The van der Waals surface area contributed by atoms with Crippen LogP contribution in [0.25, 0.3) is 11.4 Å². The van der Waals surface area contributed by atoms with Gasteiger partial charge in [-0.25, -0.2) is 28.7 Å². The molecular formula is C23H19F4N3O7. The number of carbonyl (C=O) groups is 3. The lowest BCUT2D eigenvalue weighted by molar-refractivity contribution is -0.192. The summed E-state index contributed by atoms with van der Waals surface area (Å²) in [4.78, 5) is 40.3. The van der Waals surface area contributed by atoms with Crippen molar-refractivity contribution >= 4 is 23.7 Å². The molecule has 0 saturated heterocycles. The molecule has 1 heterocycles. The first kappa shape index (κ1) is 28.5. The molecular weight excluding hydrogens is 506 g/mol. The van der Waals surface area contributed by atoms with E-state index in [0.717, 1.165) is 0 Å². The predicted octanol–water partition coefficient (Wildman–Crippen LogP) is 4.38. The van der Waals surface area contributed by atoms with Gasteiger partial charge in [0, 0.05) is 11.6 Å². The number of methoxy groups -OCH3 is 1. The minimum atomic E-state index is -5.08. The molecule has 3 N–H and O–H groups in total. The molecule has 10 nitrogen and oxygen atoms in total. The number of alkyl halides is 3. The molecule has 0 aliphatic carbocycles. The maximum Gasteiger partial charge on any atom is 0.490 e. The van der Waals surface area contributed by atoms with E-state index in [1.54, 1.807) is 31.2 Å². The minimum Gasteiger partial charge on any atom is -0.477 e. The highest BCUT2D eigenvalue weighted by molar-refractivity contribution is 5.87. The summed E-state index contributed by atoms with van der Waals surface area (Å²) in [5.41, 5.74) is 0.310. The second kappa shape index (κ2) is 12.3. The van der Waals surface area contributed by atoms with Crippen LogP contribution in [0.4, 0.5) is 23.4 Å². The molecule has 0 aliphatic heterocycles. The number of esters is 1. The van der Waals surface area contributed by atoms with Gasteiger partial charge in [-0.1, -0.05) is 0 Å². The van der Waals surface area contributed by atoms with Crippen molar-refractivity contribution in [1.82, 2.24) is 9.97 Å². The number of hydrogen-bond donors (Lipinski definition) is 3. The lowest BCUT2D eigenvalue weighted by Gasteiger charge is -2.13. The molecule has 1 aromatic heterocycles. The lowest BCUT2D eigenvalue weighted by atomic mass is 10.2. The van der Waals surface area contributed by atoms with Crippen LogP contribution in [0.1, 0.15) is 17.4 Å². The Morgan fingerprint density at radius 1 is 0.946 bits per heavy atom. The quantitative estimate of drug-likeness (QED) is 0.300. The van der Waals surface area contributed by atoms with Crippen LogP contribution in [0.15, 0.2) is 54.6 Å². The van der Waals surface area contributed by atoms with Crippen molar-refractivity contribution in [2.45, 2.75) is 19.1 Å². The fourth-order valence-corrected chi connectivity index (χ4v) is 2.53. The van der Waals surface area contributed by atoms with Gasteiger partial charge in [-0.05, 0) is 55.5 Å². The second-order valence-electron chi connectivity index (χ2n) is 7.04. The van der Waals surface area contributed by atoms with Crippen LogP contribution >= 0.6 is 0 Å². The van der Waals surface area contributed by atoms with Crippen LogP contribution in [0, 0.1) is 5.82 Å². The largest absolute Gasteiger partial charge is 0.490 e. The number of ether oxygens (including phenoxy) is 2. The maximum absolute atomic E-state index is 13.0. The zero-order valence-corrected chi connectivity index (χ0v) is 19.1. The molecule has 0 spiro atoms. The van der Waals surface area contributed by atoms with E-state index in [4.69, 9.17) is 14.6 Å². The molecule has 37 heavy (non-hydrogen) atoms. The number of carboxylic acid groups (broad SMARTS) is 2. The van der Waals surface area contributed by atoms with Crippen LogP contribution in [-0.2, 0) is 14.3 Å². The van der Waals surface area contributed by atoms with Gasteiger partial charge in [-0.15, -0.1) is 0 Å². The molecule has 0 fully saturated rings. The van der Waals surface area contributed by atoms with Gasteiger partial charge < -0.3 is 25.0 Å². The number of aromatic nitrogens is 2. The van der Waals surface area contributed by atoms with Gasteiger partial charge in [-0.2, -0.15) is 13.2 Å². The number of nitrogens with zero attached hydrogens (tertiary/aromatic N) is 2. The minimum absolute atomic E-state index is 0.155. The summed E-state index contributed by atoms with van der Waals surface area (Å²) in [7, 11) is 1.25. The van der Waals surface area contributed by atoms with E-state index in [0.29, 0.717) is 17.1 Å². The molecule has 14 heteroatoms. The number of nitrogens with one attached hydrogen (secondary N) is 1. The number of benzene rings is 2. The highest BCUT2D eigenvalue weighted by Crippen LogP contribution is 2.25. The average molecular weight is 525 g/mol. The Kier molecular flexibility index (Phi) is 9.46. The Bertz CT molecular complexity index is 1250. The standard InChI is InChI=1S/C21H18FN3O5.C2HF3O2/c1-12(21(28)29-2)23-18-11-17(20(26)27)24-19(25-18)13-3-7-15(8-4-13)30-16-9-5-14(22)6-10-16;3-2(4,5)1(6)7/h3-12H,1-2H3,(H,26,27)(H,23,24,25);(H,6,7)/t12-;/m0./s1. The van der Waals surface area contributed by atoms with Gasteiger partial charge in [0.05, 0.1) is 7.11 Å². The molecule has 0 unspecified atom stereocenters. The Hall–Kier alpha value is -4.75. The van der Waals surface area contributed by atoms with E-state index in [9.17, 15) is 32.3 Å². The second-order valence-corrected chi connectivity index (χ2v) is 7.04. The van der Waals surface area contributed by atoms with E-state index in [2.05, 4.69) is 20.0 Å². The first-order valence-corrected chi connectivity index (χ1v) is 10.1. The van der Waals surface area contributed by atoms with Gasteiger partial charge in [0.2, 0.25) is 0 Å². The van der Waals surface area contributed by atoms with E-state index >= 15 is 0 Å². The van der Waals surface area contributed by atoms with Gasteiger partial charge in [-0.3, -0.25) is 0 Å². The van der Waals surface area contributed by atoms with Gasteiger partial charge in [0.15, 0.2) is 11.5 Å². The number of anilines is 1. The van der Waals surface area contributed by atoms with Crippen LogP contribution in [0.2, 0.25) is 0 Å². The first-order chi connectivity index (χ1) is 17.3. The number of halogens is 4. The zero-order valence-electron chi connectivity index (χ0n) is 19.1. The molecule has 0 aliphatic rings. The molecule has 0 radical (unpaired) electrons. The number of aromatic carboxylic acids is 1. The van der Waals surface area contributed by atoms with Crippen molar-refractivity contribution in [3.63, 3.8) is 0 Å². The monoisotopic (exact) mass is 525 g/mol. The summed E-state index contributed by atoms with van der Waals surface area (Å²) >= 11 is 0. The van der Waals surface area contributed by atoms with E-state index in [-0.39, 0.29) is 23.2 Å². The van der Waals surface area contributed by atoms with Crippen molar-refractivity contribution in [2.24, 2.45) is 0 Å². The normalized spacial score (nSPS) is 11.4. The first-order valence-electron chi connectivity index (χ1n) is 10.1. The van der Waals surface area contributed by atoms with Crippen LogP contribution in [0.3, 0.4) is 0 Å². The van der Waals surface area contributed by atoms with Gasteiger partial charge >= 0.3 is 24.1 Å². The van der Waals surface area contributed by atoms with E-state index < -0.39 is 30.1 Å². The Balaban J connectivity index is 0.000000604. The van der Waals surface area contributed by atoms with Gasteiger partial charge in [0.1, 0.15) is 29.2 Å². The summed E-state index contributed by atoms with van der Waals surface area (Å²) in [6.07, 6.45) is -5.08.